The molecule has 100 valence electrons. The summed E-state index contributed by atoms with van der Waals surface area (Å²) in [4.78, 5) is 12.3. The van der Waals surface area contributed by atoms with Gasteiger partial charge in [-0.1, -0.05) is 31.5 Å². The van der Waals surface area contributed by atoms with Gasteiger partial charge in [0.1, 0.15) is 0 Å². The molecule has 0 aliphatic heterocycles. The van der Waals surface area contributed by atoms with Gasteiger partial charge < -0.3 is 5.32 Å². The van der Waals surface area contributed by atoms with Gasteiger partial charge in [-0.3, -0.25) is 9.89 Å². The Morgan fingerprint density at radius 3 is 2.63 bits per heavy atom. The molecule has 0 aliphatic rings. The van der Waals surface area contributed by atoms with E-state index in [4.69, 9.17) is 0 Å². The van der Waals surface area contributed by atoms with Crippen molar-refractivity contribution in [2.75, 3.05) is 5.32 Å². The van der Waals surface area contributed by atoms with Crippen LogP contribution in [0.1, 0.15) is 40.5 Å². The maximum absolute atomic E-state index is 12.3. The minimum atomic E-state index is -0.106. The molecule has 0 fully saturated rings. The number of rotatable bonds is 4. The number of aryl methyl sites for hydroxylation is 3. The molecule has 0 saturated carbocycles. The minimum absolute atomic E-state index is 0.106. The molecule has 0 saturated heterocycles. The molecule has 1 aromatic heterocycles. The molecule has 4 nitrogen and oxygen atoms in total. The van der Waals surface area contributed by atoms with Crippen LogP contribution in [0.2, 0.25) is 0 Å². The lowest BCUT2D eigenvalue weighted by molar-refractivity contribution is 0.102. The zero-order valence-corrected chi connectivity index (χ0v) is 11.6. The van der Waals surface area contributed by atoms with E-state index in [2.05, 4.69) is 22.4 Å². The summed E-state index contributed by atoms with van der Waals surface area (Å²) >= 11 is 0. The first kappa shape index (κ1) is 13.3. The van der Waals surface area contributed by atoms with Gasteiger partial charge in [-0.05, 0) is 31.4 Å². The summed E-state index contributed by atoms with van der Waals surface area (Å²) in [6, 6.07) is 7.72. The molecular weight excluding hydrogens is 238 g/mol. The van der Waals surface area contributed by atoms with Crippen LogP contribution in [0.3, 0.4) is 0 Å². The second-order valence-corrected chi connectivity index (χ2v) is 4.75. The Labute approximate surface area is 113 Å². The molecule has 2 N–H and O–H groups in total. The molecule has 0 unspecified atom stereocenters. The molecule has 1 amide bonds. The van der Waals surface area contributed by atoms with E-state index in [0.717, 1.165) is 35.2 Å². The van der Waals surface area contributed by atoms with Crippen molar-refractivity contribution in [3.8, 4) is 0 Å². The Morgan fingerprint density at radius 1 is 1.32 bits per heavy atom. The summed E-state index contributed by atoms with van der Waals surface area (Å²) in [5.41, 5.74) is 3.71. The normalized spacial score (nSPS) is 10.5. The summed E-state index contributed by atoms with van der Waals surface area (Å²) < 4.78 is 0. The lowest BCUT2D eigenvalue weighted by Crippen LogP contribution is -2.15. The largest absolute Gasteiger partial charge is 0.305 e. The Hall–Kier alpha value is -2.10. The van der Waals surface area contributed by atoms with Crippen LogP contribution in [0.4, 0.5) is 5.82 Å². The molecule has 0 radical (unpaired) electrons. The first-order chi connectivity index (χ1) is 9.11. The number of aromatic nitrogens is 2. The first-order valence-corrected chi connectivity index (χ1v) is 6.53. The van der Waals surface area contributed by atoms with Crippen LogP contribution in [0.5, 0.6) is 0 Å². The Balaban J connectivity index is 2.16. The van der Waals surface area contributed by atoms with E-state index < -0.39 is 0 Å². The molecule has 0 spiro atoms. The van der Waals surface area contributed by atoms with Crippen LogP contribution in [0, 0.1) is 13.8 Å². The summed E-state index contributed by atoms with van der Waals surface area (Å²) in [5.74, 6) is 0.473. The number of amides is 1. The smallest absolute Gasteiger partial charge is 0.257 e. The van der Waals surface area contributed by atoms with Crippen molar-refractivity contribution in [1.29, 1.82) is 0 Å². The highest BCUT2D eigenvalue weighted by Crippen LogP contribution is 2.16. The third-order valence-electron chi connectivity index (χ3n) is 3.10. The van der Waals surface area contributed by atoms with Gasteiger partial charge in [0.15, 0.2) is 5.82 Å². The molecule has 0 aliphatic carbocycles. The third kappa shape index (κ3) is 3.02. The Bertz CT molecular complexity index is 567. The lowest BCUT2D eigenvalue weighted by atomic mass is 10.0. The van der Waals surface area contributed by atoms with Gasteiger partial charge in [0, 0.05) is 17.3 Å². The van der Waals surface area contributed by atoms with Crippen molar-refractivity contribution < 1.29 is 4.79 Å². The van der Waals surface area contributed by atoms with E-state index in [1.54, 1.807) is 0 Å². The predicted octanol–water partition coefficient (Wildman–Crippen LogP) is 3.23. The highest BCUT2D eigenvalue weighted by atomic mass is 16.1. The van der Waals surface area contributed by atoms with Gasteiger partial charge in [0.25, 0.3) is 5.91 Å². The van der Waals surface area contributed by atoms with Gasteiger partial charge in [-0.25, -0.2) is 0 Å². The molecule has 4 heteroatoms. The van der Waals surface area contributed by atoms with Gasteiger partial charge in [-0.15, -0.1) is 0 Å². The summed E-state index contributed by atoms with van der Waals surface area (Å²) in [7, 11) is 0. The molecule has 1 aromatic carbocycles. The number of hydrogen-bond acceptors (Lipinski definition) is 2. The van der Waals surface area contributed by atoms with Crippen molar-refractivity contribution in [1.82, 2.24) is 10.2 Å². The van der Waals surface area contributed by atoms with E-state index in [9.17, 15) is 4.79 Å². The Morgan fingerprint density at radius 2 is 2.00 bits per heavy atom. The number of carbonyl (C=O) groups excluding carboxylic acids is 1. The molecule has 19 heavy (non-hydrogen) atoms. The van der Waals surface area contributed by atoms with Crippen LogP contribution in [-0.4, -0.2) is 16.1 Å². The third-order valence-corrected chi connectivity index (χ3v) is 3.10. The minimum Gasteiger partial charge on any atom is -0.305 e. The van der Waals surface area contributed by atoms with Crippen molar-refractivity contribution in [3.63, 3.8) is 0 Å². The van der Waals surface area contributed by atoms with E-state index in [1.165, 1.54) is 0 Å². The monoisotopic (exact) mass is 257 g/mol. The Kier molecular flexibility index (Phi) is 4.00. The number of benzene rings is 1. The molecule has 0 bridgehead atoms. The van der Waals surface area contributed by atoms with Gasteiger partial charge in [-0.2, -0.15) is 5.10 Å². The quantitative estimate of drug-likeness (QED) is 0.883. The fraction of sp³-hybridized carbons (Fsp3) is 0.333. The summed E-state index contributed by atoms with van der Waals surface area (Å²) in [6.45, 7) is 5.99. The van der Waals surface area contributed by atoms with E-state index in [-0.39, 0.29) is 5.91 Å². The molecule has 1 heterocycles. The van der Waals surface area contributed by atoms with Crippen LogP contribution in [0.15, 0.2) is 24.3 Å². The number of hydrogen-bond donors (Lipinski definition) is 2. The zero-order valence-electron chi connectivity index (χ0n) is 11.6. The topological polar surface area (TPSA) is 57.8 Å². The fourth-order valence-corrected chi connectivity index (χ4v) is 2.17. The average molecular weight is 257 g/mol. The molecule has 2 aromatic rings. The van der Waals surface area contributed by atoms with E-state index in [0.29, 0.717) is 5.82 Å². The molecule has 2 rings (SSSR count). The highest BCUT2D eigenvalue weighted by molar-refractivity contribution is 6.05. The number of nitrogens with one attached hydrogen (secondary N) is 2. The van der Waals surface area contributed by atoms with Gasteiger partial charge >= 0.3 is 0 Å². The maximum Gasteiger partial charge on any atom is 0.257 e. The van der Waals surface area contributed by atoms with E-state index in [1.807, 2.05) is 38.1 Å². The standard InChI is InChI=1S/C15H19N3O/c1-4-6-12-9-13(18-17-12)16-15(19)14-10(2)7-5-8-11(14)3/h5,7-9H,4,6H2,1-3H3,(H2,16,17,18,19). The van der Waals surface area contributed by atoms with Crippen molar-refractivity contribution in [2.24, 2.45) is 0 Å². The average Bonchev–Trinajstić information content (AvgIpc) is 2.77. The van der Waals surface area contributed by atoms with Crippen LogP contribution < -0.4 is 5.32 Å². The molecular formula is C15H19N3O. The number of carbonyl (C=O) groups is 1. The summed E-state index contributed by atoms with van der Waals surface area (Å²) in [6.07, 6.45) is 1.98. The summed E-state index contributed by atoms with van der Waals surface area (Å²) in [5, 5.41) is 9.87. The van der Waals surface area contributed by atoms with Crippen LogP contribution in [-0.2, 0) is 6.42 Å². The van der Waals surface area contributed by atoms with E-state index >= 15 is 0 Å². The number of H-pyrrole nitrogens is 1. The fourth-order valence-electron chi connectivity index (χ4n) is 2.17. The van der Waals surface area contributed by atoms with Crippen LogP contribution in [0.25, 0.3) is 0 Å². The van der Waals surface area contributed by atoms with Crippen molar-refractivity contribution in [2.45, 2.75) is 33.6 Å². The SMILES string of the molecule is CCCc1cc(NC(=O)c2c(C)cccc2C)n[nH]1. The lowest BCUT2D eigenvalue weighted by Gasteiger charge is -2.08. The number of nitrogens with zero attached hydrogens (tertiary/aromatic N) is 1. The molecule has 0 atom stereocenters. The van der Waals surface area contributed by atoms with Crippen LogP contribution >= 0.6 is 0 Å². The van der Waals surface area contributed by atoms with Gasteiger partial charge in [0.05, 0.1) is 0 Å². The maximum atomic E-state index is 12.3. The van der Waals surface area contributed by atoms with Gasteiger partial charge in [0.2, 0.25) is 0 Å². The number of anilines is 1. The van der Waals surface area contributed by atoms with Crippen molar-refractivity contribution in [3.05, 3.63) is 46.6 Å². The second-order valence-electron chi connectivity index (χ2n) is 4.75. The first-order valence-electron chi connectivity index (χ1n) is 6.53. The number of aromatic amines is 1. The highest BCUT2D eigenvalue weighted by Gasteiger charge is 2.13. The second kappa shape index (κ2) is 5.69. The predicted molar refractivity (Wildman–Crippen MR) is 76.5 cm³/mol. The van der Waals surface area contributed by atoms with Crippen molar-refractivity contribution >= 4 is 11.7 Å². The zero-order chi connectivity index (χ0) is 13.8.